The van der Waals surface area contributed by atoms with Gasteiger partial charge in [0.05, 0.1) is 20.0 Å². The quantitative estimate of drug-likeness (QED) is 0.753. The second kappa shape index (κ2) is 7.06. The van der Waals surface area contributed by atoms with E-state index in [4.69, 9.17) is 9.47 Å². The van der Waals surface area contributed by atoms with E-state index in [0.717, 1.165) is 17.1 Å². The lowest BCUT2D eigenvalue weighted by atomic mass is 10.1. The number of nitrogens with one attached hydrogen (secondary N) is 1. The van der Waals surface area contributed by atoms with E-state index in [9.17, 15) is 4.79 Å². The SMILES string of the molecule is COc1ccc(CCNC(=O)CS)c(OC)c1. The first kappa shape index (κ1) is 13.7. The highest BCUT2D eigenvalue weighted by molar-refractivity contribution is 7.81. The summed E-state index contributed by atoms with van der Waals surface area (Å²) in [5, 5.41) is 2.76. The molecule has 1 rings (SSSR count). The van der Waals surface area contributed by atoms with Crippen LogP contribution in [-0.4, -0.2) is 32.4 Å². The van der Waals surface area contributed by atoms with Crippen LogP contribution in [0.1, 0.15) is 5.56 Å². The van der Waals surface area contributed by atoms with Crippen LogP contribution in [0.15, 0.2) is 18.2 Å². The molecule has 4 nitrogen and oxygen atoms in total. The molecule has 0 saturated carbocycles. The highest BCUT2D eigenvalue weighted by Crippen LogP contribution is 2.24. The van der Waals surface area contributed by atoms with Crippen molar-refractivity contribution in [3.63, 3.8) is 0 Å². The number of amides is 1. The molecule has 0 aliphatic rings. The second-order valence-corrected chi connectivity index (χ2v) is 3.75. The largest absolute Gasteiger partial charge is 0.497 e. The van der Waals surface area contributed by atoms with Gasteiger partial charge < -0.3 is 14.8 Å². The molecule has 0 atom stereocenters. The minimum atomic E-state index is -0.0687. The number of methoxy groups -OCH3 is 2. The number of carbonyl (C=O) groups excluding carboxylic acids is 1. The van der Waals surface area contributed by atoms with E-state index < -0.39 is 0 Å². The van der Waals surface area contributed by atoms with Gasteiger partial charge in [0.25, 0.3) is 0 Å². The van der Waals surface area contributed by atoms with E-state index in [1.807, 2.05) is 18.2 Å². The third-order valence-electron chi connectivity index (χ3n) is 2.35. The summed E-state index contributed by atoms with van der Waals surface area (Å²) < 4.78 is 10.4. The van der Waals surface area contributed by atoms with Crippen molar-refractivity contribution in [3.8, 4) is 11.5 Å². The number of thiol groups is 1. The molecule has 17 heavy (non-hydrogen) atoms. The molecule has 0 aromatic heterocycles. The fourth-order valence-corrected chi connectivity index (χ4v) is 1.56. The van der Waals surface area contributed by atoms with Crippen LogP contribution in [0.4, 0.5) is 0 Å². The number of rotatable bonds is 6. The van der Waals surface area contributed by atoms with E-state index in [0.29, 0.717) is 13.0 Å². The minimum Gasteiger partial charge on any atom is -0.497 e. The average Bonchev–Trinajstić information content (AvgIpc) is 2.38. The van der Waals surface area contributed by atoms with Gasteiger partial charge in [0, 0.05) is 12.6 Å². The molecule has 94 valence electrons. The van der Waals surface area contributed by atoms with E-state index in [1.165, 1.54) is 0 Å². The van der Waals surface area contributed by atoms with Crippen molar-refractivity contribution in [1.29, 1.82) is 0 Å². The average molecular weight is 255 g/mol. The van der Waals surface area contributed by atoms with E-state index in [2.05, 4.69) is 17.9 Å². The van der Waals surface area contributed by atoms with Gasteiger partial charge in [-0.15, -0.1) is 0 Å². The number of benzene rings is 1. The zero-order chi connectivity index (χ0) is 12.7. The van der Waals surface area contributed by atoms with Gasteiger partial charge in [-0.25, -0.2) is 0 Å². The molecule has 5 heteroatoms. The molecule has 0 aliphatic carbocycles. The first-order chi connectivity index (χ1) is 8.21. The molecule has 0 aliphatic heterocycles. The second-order valence-electron chi connectivity index (χ2n) is 3.44. The van der Waals surface area contributed by atoms with Crippen molar-refractivity contribution in [3.05, 3.63) is 23.8 Å². The molecule has 1 aromatic carbocycles. The maximum absolute atomic E-state index is 11.0. The summed E-state index contributed by atoms with van der Waals surface area (Å²) in [6.45, 7) is 0.572. The van der Waals surface area contributed by atoms with Crippen LogP contribution >= 0.6 is 12.6 Å². The third-order valence-corrected chi connectivity index (χ3v) is 2.64. The Balaban J connectivity index is 2.61. The molecule has 1 aromatic rings. The topological polar surface area (TPSA) is 47.6 Å². The standard InChI is InChI=1S/C12H17NO3S/c1-15-10-4-3-9(11(7-10)16-2)5-6-13-12(14)8-17/h3-4,7,17H,5-6,8H2,1-2H3,(H,13,14). The van der Waals surface area contributed by atoms with Crippen LogP contribution in [0, 0.1) is 0 Å². The zero-order valence-corrected chi connectivity index (χ0v) is 10.9. The molecule has 0 heterocycles. The van der Waals surface area contributed by atoms with E-state index in [-0.39, 0.29) is 11.7 Å². The van der Waals surface area contributed by atoms with Gasteiger partial charge in [0.15, 0.2) is 0 Å². The van der Waals surface area contributed by atoms with Crippen LogP contribution in [0.25, 0.3) is 0 Å². The van der Waals surface area contributed by atoms with Crippen molar-refractivity contribution in [2.45, 2.75) is 6.42 Å². The normalized spacial score (nSPS) is 9.82. The minimum absolute atomic E-state index is 0.0687. The van der Waals surface area contributed by atoms with Crippen LogP contribution in [0.3, 0.4) is 0 Å². The Hall–Kier alpha value is -1.36. The predicted molar refractivity (Wildman–Crippen MR) is 70.1 cm³/mol. The van der Waals surface area contributed by atoms with E-state index in [1.54, 1.807) is 14.2 Å². The molecule has 0 spiro atoms. The molecule has 0 radical (unpaired) electrons. The zero-order valence-electron chi connectivity index (χ0n) is 10.0. The third kappa shape index (κ3) is 4.19. The first-order valence-electron chi connectivity index (χ1n) is 5.29. The summed E-state index contributed by atoms with van der Waals surface area (Å²) in [6, 6.07) is 5.64. The van der Waals surface area contributed by atoms with Crippen molar-refractivity contribution < 1.29 is 14.3 Å². The van der Waals surface area contributed by atoms with Crippen molar-refractivity contribution in [2.24, 2.45) is 0 Å². The Kier molecular flexibility index (Phi) is 5.69. The van der Waals surface area contributed by atoms with Crippen molar-refractivity contribution in [1.82, 2.24) is 5.32 Å². The lowest BCUT2D eigenvalue weighted by molar-refractivity contribution is -0.118. The lowest BCUT2D eigenvalue weighted by Gasteiger charge is -2.10. The molecular formula is C12H17NO3S. The summed E-state index contributed by atoms with van der Waals surface area (Å²) in [5.74, 6) is 1.66. The highest BCUT2D eigenvalue weighted by Gasteiger charge is 2.05. The van der Waals surface area contributed by atoms with Gasteiger partial charge in [-0.1, -0.05) is 6.07 Å². The molecule has 0 unspecified atom stereocenters. The van der Waals surface area contributed by atoms with Crippen molar-refractivity contribution in [2.75, 3.05) is 26.5 Å². The van der Waals surface area contributed by atoms with Crippen LogP contribution in [-0.2, 0) is 11.2 Å². The van der Waals surface area contributed by atoms with Gasteiger partial charge >= 0.3 is 0 Å². The van der Waals surface area contributed by atoms with Gasteiger partial charge in [-0.3, -0.25) is 4.79 Å². The summed E-state index contributed by atoms with van der Waals surface area (Å²) >= 11 is 3.89. The van der Waals surface area contributed by atoms with Crippen LogP contribution in [0.5, 0.6) is 11.5 Å². The number of carbonyl (C=O) groups is 1. The Morgan fingerprint density at radius 2 is 2.12 bits per heavy atom. The lowest BCUT2D eigenvalue weighted by Crippen LogP contribution is -2.26. The summed E-state index contributed by atoms with van der Waals surface area (Å²) in [6.07, 6.45) is 0.715. The smallest absolute Gasteiger partial charge is 0.229 e. The van der Waals surface area contributed by atoms with Crippen molar-refractivity contribution >= 4 is 18.5 Å². The van der Waals surface area contributed by atoms with Gasteiger partial charge in [0.2, 0.25) is 5.91 Å². The van der Waals surface area contributed by atoms with E-state index >= 15 is 0 Å². The summed E-state index contributed by atoms with van der Waals surface area (Å²) in [5.41, 5.74) is 1.03. The molecular weight excluding hydrogens is 238 g/mol. The van der Waals surface area contributed by atoms with Gasteiger partial charge in [-0.2, -0.15) is 12.6 Å². The van der Waals surface area contributed by atoms with Gasteiger partial charge in [-0.05, 0) is 18.1 Å². The maximum Gasteiger partial charge on any atom is 0.229 e. The fraction of sp³-hybridized carbons (Fsp3) is 0.417. The number of hydrogen-bond donors (Lipinski definition) is 2. The fourth-order valence-electron chi connectivity index (χ4n) is 1.45. The summed E-state index contributed by atoms with van der Waals surface area (Å²) in [4.78, 5) is 11.0. The predicted octanol–water partition coefficient (Wildman–Crippen LogP) is 1.29. The Morgan fingerprint density at radius 1 is 1.35 bits per heavy atom. The monoisotopic (exact) mass is 255 g/mol. The molecule has 0 fully saturated rings. The maximum atomic E-state index is 11.0. The van der Waals surface area contributed by atoms with Crippen LogP contribution in [0.2, 0.25) is 0 Å². The Bertz CT molecular complexity index is 382. The first-order valence-corrected chi connectivity index (χ1v) is 5.93. The molecule has 1 amide bonds. The highest BCUT2D eigenvalue weighted by atomic mass is 32.1. The Morgan fingerprint density at radius 3 is 2.71 bits per heavy atom. The van der Waals surface area contributed by atoms with Gasteiger partial charge in [0.1, 0.15) is 11.5 Å². The molecule has 1 N–H and O–H groups in total. The number of ether oxygens (including phenoxy) is 2. The number of hydrogen-bond acceptors (Lipinski definition) is 4. The summed E-state index contributed by atoms with van der Waals surface area (Å²) in [7, 11) is 3.23. The Labute approximate surface area is 107 Å². The molecule has 0 bridgehead atoms. The molecule has 0 saturated heterocycles. The van der Waals surface area contributed by atoms with Crippen LogP contribution < -0.4 is 14.8 Å².